The van der Waals surface area contributed by atoms with Crippen LogP contribution in [0.2, 0.25) is 0 Å². The first-order valence-corrected chi connectivity index (χ1v) is 12.1. The van der Waals surface area contributed by atoms with Crippen molar-refractivity contribution in [2.75, 3.05) is 6.54 Å². The van der Waals surface area contributed by atoms with Gasteiger partial charge in [-0.25, -0.2) is 4.79 Å². The first-order chi connectivity index (χ1) is 16.0. The highest BCUT2D eigenvalue weighted by Gasteiger charge is 2.37. The number of rotatable bonds is 12. The smallest absolute Gasteiger partial charge is 0.332 e. The molecule has 0 spiro atoms. The molecule has 0 aliphatic carbocycles. The zero-order valence-corrected chi connectivity index (χ0v) is 20.4. The molecule has 0 heterocycles. The van der Waals surface area contributed by atoms with Gasteiger partial charge in [-0.3, -0.25) is 5.32 Å². The van der Waals surface area contributed by atoms with Crippen LogP contribution >= 0.6 is 15.9 Å². The fourth-order valence-electron chi connectivity index (χ4n) is 3.62. The van der Waals surface area contributed by atoms with Gasteiger partial charge in [-0.05, 0) is 60.4 Å². The minimum Gasteiger partial charge on any atom is -0.479 e. The molecule has 0 saturated carbocycles. The van der Waals surface area contributed by atoms with Crippen LogP contribution < -0.4 is 10.1 Å². The van der Waals surface area contributed by atoms with Crippen molar-refractivity contribution < 1.29 is 14.6 Å². The quantitative estimate of drug-likeness (QED) is 0.202. The molecule has 3 aromatic carbocycles. The zero-order valence-electron chi connectivity index (χ0n) is 18.8. The van der Waals surface area contributed by atoms with E-state index < -0.39 is 11.5 Å². The normalized spacial score (nSPS) is 13.0. The van der Waals surface area contributed by atoms with Crippen molar-refractivity contribution in [3.63, 3.8) is 0 Å². The third kappa shape index (κ3) is 7.04. The molecule has 4 nitrogen and oxygen atoms in total. The van der Waals surface area contributed by atoms with Gasteiger partial charge in [0, 0.05) is 11.0 Å². The monoisotopic (exact) mass is 507 g/mol. The van der Waals surface area contributed by atoms with Gasteiger partial charge in [-0.2, -0.15) is 0 Å². The van der Waals surface area contributed by atoms with Crippen LogP contribution in [0.15, 0.2) is 95.5 Å². The lowest BCUT2D eigenvalue weighted by molar-refractivity contribution is -0.143. The van der Waals surface area contributed by atoms with E-state index in [0.717, 1.165) is 35.0 Å². The minimum atomic E-state index is -1.31. The van der Waals surface area contributed by atoms with Gasteiger partial charge < -0.3 is 9.84 Å². The molecular weight excluding hydrogens is 478 g/mol. The van der Waals surface area contributed by atoms with E-state index >= 15 is 0 Å². The summed E-state index contributed by atoms with van der Waals surface area (Å²) in [6, 6.07) is 24.9. The minimum absolute atomic E-state index is 0.517. The summed E-state index contributed by atoms with van der Waals surface area (Å²) in [5.74, 6) is 0.468. The third-order valence-corrected chi connectivity index (χ3v) is 5.92. The zero-order chi connectivity index (χ0) is 23.5. The summed E-state index contributed by atoms with van der Waals surface area (Å²) in [6.07, 6.45) is 7.40. The van der Waals surface area contributed by atoms with Crippen LogP contribution in [-0.4, -0.2) is 17.6 Å². The Hall–Kier alpha value is -2.89. The average molecular weight is 508 g/mol. The molecule has 0 aromatic heterocycles. The topological polar surface area (TPSA) is 58.6 Å². The number of para-hydroxylation sites is 1. The number of benzene rings is 3. The van der Waals surface area contributed by atoms with Crippen molar-refractivity contribution in [1.82, 2.24) is 5.32 Å². The van der Waals surface area contributed by atoms with Crippen molar-refractivity contribution in [2.45, 2.75) is 38.1 Å². The number of halogens is 1. The van der Waals surface area contributed by atoms with Crippen LogP contribution in [0, 0.1) is 0 Å². The number of hydrogen-bond donors (Lipinski definition) is 2. The number of aliphatic carboxylic acids is 1. The molecule has 1 unspecified atom stereocenters. The molecule has 5 heteroatoms. The van der Waals surface area contributed by atoms with Crippen LogP contribution in [0.1, 0.15) is 37.3 Å². The van der Waals surface area contributed by atoms with Crippen molar-refractivity contribution in [2.24, 2.45) is 0 Å². The summed E-state index contributed by atoms with van der Waals surface area (Å²) in [5.41, 5.74) is 0.487. The maximum atomic E-state index is 12.6. The summed E-state index contributed by atoms with van der Waals surface area (Å²) >= 11 is 3.50. The predicted octanol–water partition coefficient (Wildman–Crippen LogP) is 7.10. The highest BCUT2D eigenvalue weighted by atomic mass is 79.9. The van der Waals surface area contributed by atoms with E-state index in [2.05, 4.69) is 34.2 Å². The third-order valence-electron chi connectivity index (χ3n) is 5.42. The number of carboxylic acids is 1. The Labute approximate surface area is 204 Å². The standard InChI is InChI=1S/C28H30BrNO3/c1-2-3-4-8-19-28(27(31)32,30-20-18-22-10-9-11-24(29)21-22)23-14-16-26(17-15-23)33-25-12-6-5-7-13-25/h5-17,19,21,30H,2-4,18,20H2,1H3,(H,31,32)/b19-8+. The van der Waals surface area contributed by atoms with Gasteiger partial charge in [0.1, 0.15) is 11.5 Å². The molecule has 0 bridgehead atoms. The lowest BCUT2D eigenvalue weighted by atomic mass is 9.88. The molecule has 0 fully saturated rings. The summed E-state index contributed by atoms with van der Waals surface area (Å²) < 4.78 is 6.89. The first-order valence-electron chi connectivity index (χ1n) is 11.3. The van der Waals surface area contributed by atoms with Crippen molar-refractivity contribution in [3.05, 3.63) is 107 Å². The fraction of sp³-hybridized carbons (Fsp3) is 0.250. The van der Waals surface area contributed by atoms with E-state index in [1.807, 2.05) is 78.9 Å². The SMILES string of the molecule is CCCC/C=C/C(NCCc1cccc(Br)c1)(C(=O)O)c1ccc(Oc2ccccc2)cc1. The highest BCUT2D eigenvalue weighted by Crippen LogP contribution is 2.28. The number of carbonyl (C=O) groups is 1. The van der Waals surface area contributed by atoms with Gasteiger partial charge in [0.2, 0.25) is 0 Å². The van der Waals surface area contributed by atoms with Crippen LogP contribution in [0.3, 0.4) is 0 Å². The molecule has 2 N–H and O–H groups in total. The Kier molecular flexibility index (Phi) is 9.28. The van der Waals surface area contributed by atoms with Gasteiger partial charge in [0.05, 0.1) is 0 Å². The van der Waals surface area contributed by atoms with Gasteiger partial charge >= 0.3 is 5.97 Å². The number of ether oxygens (including phenoxy) is 1. The Morgan fingerprint density at radius 3 is 2.42 bits per heavy atom. The number of nitrogens with one attached hydrogen (secondary N) is 1. The summed E-state index contributed by atoms with van der Waals surface area (Å²) in [4.78, 5) is 12.6. The molecule has 3 rings (SSSR count). The molecular formula is C28H30BrNO3. The summed E-state index contributed by atoms with van der Waals surface area (Å²) in [5, 5.41) is 13.6. The highest BCUT2D eigenvalue weighted by molar-refractivity contribution is 9.10. The van der Waals surface area contributed by atoms with Crippen LogP contribution in [0.4, 0.5) is 0 Å². The van der Waals surface area contributed by atoms with E-state index in [0.29, 0.717) is 24.3 Å². The lowest BCUT2D eigenvalue weighted by Crippen LogP contribution is -2.48. The Morgan fingerprint density at radius 1 is 1.03 bits per heavy atom. The molecule has 0 saturated heterocycles. The maximum absolute atomic E-state index is 12.6. The second-order valence-electron chi connectivity index (χ2n) is 7.90. The maximum Gasteiger partial charge on any atom is 0.332 e. The van der Waals surface area contributed by atoms with Crippen molar-refractivity contribution in [1.29, 1.82) is 0 Å². The number of hydrogen-bond acceptors (Lipinski definition) is 3. The van der Waals surface area contributed by atoms with Crippen molar-refractivity contribution in [3.8, 4) is 11.5 Å². The Bertz CT molecular complexity index is 1050. The molecule has 33 heavy (non-hydrogen) atoms. The van der Waals surface area contributed by atoms with Gasteiger partial charge in [0.15, 0.2) is 5.54 Å². The number of allylic oxidation sites excluding steroid dienone is 1. The van der Waals surface area contributed by atoms with Gasteiger partial charge in [-0.1, -0.05) is 90.3 Å². The van der Waals surface area contributed by atoms with Crippen LogP contribution in [-0.2, 0) is 16.8 Å². The fourth-order valence-corrected chi connectivity index (χ4v) is 4.06. The van der Waals surface area contributed by atoms with Gasteiger partial charge in [-0.15, -0.1) is 0 Å². The molecule has 0 aliphatic rings. The van der Waals surface area contributed by atoms with E-state index in [-0.39, 0.29) is 0 Å². The molecule has 0 amide bonds. The Morgan fingerprint density at radius 2 is 1.76 bits per heavy atom. The lowest BCUT2D eigenvalue weighted by Gasteiger charge is -2.28. The second-order valence-corrected chi connectivity index (χ2v) is 8.82. The second kappa shape index (κ2) is 12.4. The van der Waals surface area contributed by atoms with Crippen LogP contribution in [0.25, 0.3) is 0 Å². The predicted molar refractivity (Wildman–Crippen MR) is 137 cm³/mol. The number of unbranched alkanes of at least 4 members (excludes halogenated alkanes) is 2. The Balaban J connectivity index is 1.82. The van der Waals surface area contributed by atoms with E-state index in [1.54, 1.807) is 6.08 Å². The molecule has 3 aromatic rings. The molecule has 1 atom stereocenters. The van der Waals surface area contributed by atoms with E-state index in [9.17, 15) is 9.90 Å². The average Bonchev–Trinajstić information content (AvgIpc) is 2.82. The molecule has 172 valence electrons. The first kappa shape index (κ1) is 24.7. The summed E-state index contributed by atoms with van der Waals surface area (Å²) in [6.45, 7) is 2.64. The van der Waals surface area contributed by atoms with Crippen molar-refractivity contribution >= 4 is 21.9 Å². The van der Waals surface area contributed by atoms with Gasteiger partial charge in [0.25, 0.3) is 0 Å². The number of carboxylic acid groups (broad SMARTS) is 1. The van der Waals surface area contributed by atoms with E-state index in [1.165, 1.54) is 0 Å². The van der Waals surface area contributed by atoms with E-state index in [4.69, 9.17) is 4.74 Å². The summed E-state index contributed by atoms with van der Waals surface area (Å²) in [7, 11) is 0. The van der Waals surface area contributed by atoms with Crippen LogP contribution in [0.5, 0.6) is 11.5 Å². The largest absolute Gasteiger partial charge is 0.479 e. The molecule has 0 aliphatic heterocycles. The molecule has 0 radical (unpaired) electrons.